The molecular formula is C16H19ClN2. The molecule has 0 bridgehead atoms. The van der Waals surface area contributed by atoms with Crippen molar-refractivity contribution in [2.24, 2.45) is 0 Å². The van der Waals surface area contributed by atoms with Gasteiger partial charge in [0.15, 0.2) is 0 Å². The zero-order valence-corrected chi connectivity index (χ0v) is 12.0. The van der Waals surface area contributed by atoms with Crippen LogP contribution < -0.4 is 5.32 Å². The average Bonchev–Trinajstić information content (AvgIpc) is 2.43. The Balaban J connectivity index is 2.15. The van der Waals surface area contributed by atoms with E-state index in [2.05, 4.69) is 23.3 Å². The van der Waals surface area contributed by atoms with Crippen molar-refractivity contribution in [1.29, 1.82) is 0 Å². The predicted molar refractivity (Wildman–Crippen MR) is 80.5 cm³/mol. The minimum atomic E-state index is 0.783. The van der Waals surface area contributed by atoms with Crippen LogP contribution in [0.5, 0.6) is 0 Å². The zero-order valence-electron chi connectivity index (χ0n) is 11.2. The molecule has 19 heavy (non-hydrogen) atoms. The molecule has 0 fully saturated rings. The smallest absolute Gasteiger partial charge is 0.0447 e. The van der Waals surface area contributed by atoms with Crippen molar-refractivity contribution in [3.8, 4) is 0 Å². The van der Waals surface area contributed by atoms with Crippen molar-refractivity contribution in [3.63, 3.8) is 0 Å². The van der Waals surface area contributed by atoms with Gasteiger partial charge in [0.2, 0.25) is 0 Å². The highest BCUT2D eigenvalue weighted by Gasteiger charge is 2.05. The summed E-state index contributed by atoms with van der Waals surface area (Å²) in [7, 11) is 0. The van der Waals surface area contributed by atoms with E-state index >= 15 is 0 Å². The summed E-state index contributed by atoms with van der Waals surface area (Å²) in [5, 5.41) is 4.22. The second-order valence-electron chi connectivity index (χ2n) is 4.59. The number of nitrogens with one attached hydrogen (secondary N) is 1. The molecule has 0 spiro atoms. The van der Waals surface area contributed by atoms with Crippen LogP contribution in [0.4, 0.5) is 0 Å². The van der Waals surface area contributed by atoms with E-state index in [0.717, 1.165) is 36.6 Å². The normalized spacial score (nSPS) is 10.6. The Morgan fingerprint density at radius 1 is 1.16 bits per heavy atom. The van der Waals surface area contributed by atoms with E-state index in [9.17, 15) is 0 Å². The summed E-state index contributed by atoms with van der Waals surface area (Å²) in [5.74, 6) is 0. The summed E-state index contributed by atoms with van der Waals surface area (Å²) < 4.78 is 0. The highest BCUT2D eigenvalue weighted by atomic mass is 35.5. The van der Waals surface area contributed by atoms with Crippen molar-refractivity contribution in [2.75, 3.05) is 6.54 Å². The molecule has 2 nitrogen and oxygen atoms in total. The number of halogens is 1. The standard InChI is InChI=1S/C16H19ClN2/c1-2-8-18-12-13-6-7-15(17)10-14(13)11-16-5-3-4-9-19-16/h3-7,9-10,18H,2,8,11-12H2,1H3. The first kappa shape index (κ1) is 14.0. The van der Waals surface area contributed by atoms with Crippen LogP contribution in [0.3, 0.4) is 0 Å². The molecule has 1 N–H and O–H groups in total. The van der Waals surface area contributed by atoms with Gasteiger partial charge in [0, 0.05) is 29.9 Å². The fourth-order valence-electron chi connectivity index (χ4n) is 2.03. The van der Waals surface area contributed by atoms with E-state index in [1.165, 1.54) is 11.1 Å². The molecule has 0 aliphatic heterocycles. The molecule has 0 amide bonds. The number of hydrogen-bond acceptors (Lipinski definition) is 2. The molecule has 0 saturated heterocycles. The van der Waals surface area contributed by atoms with Gasteiger partial charge < -0.3 is 5.32 Å². The first-order valence-corrected chi connectivity index (χ1v) is 7.05. The maximum atomic E-state index is 6.10. The Kier molecular flexibility index (Phi) is 5.37. The van der Waals surface area contributed by atoms with E-state index in [1.54, 1.807) is 0 Å². The van der Waals surface area contributed by atoms with Gasteiger partial charge in [-0.2, -0.15) is 0 Å². The fraction of sp³-hybridized carbons (Fsp3) is 0.312. The molecule has 1 heterocycles. The van der Waals surface area contributed by atoms with E-state index in [-0.39, 0.29) is 0 Å². The third-order valence-corrected chi connectivity index (χ3v) is 3.24. The van der Waals surface area contributed by atoms with Crippen LogP contribution in [-0.2, 0) is 13.0 Å². The first-order chi connectivity index (χ1) is 9.29. The molecule has 100 valence electrons. The molecule has 0 radical (unpaired) electrons. The monoisotopic (exact) mass is 274 g/mol. The average molecular weight is 275 g/mol. The van der Waals surface area contributed by atoms with Gasteiger partial charge in [0.25, 0.3) is 0 Å². The van der Waals surface area contributed by atoms with Crippen molar-refractivity contribution in [2.45, 2.75) is 26.3 Å². The third kappa shape index (κ3) is 4.34. The Bertz CT molecular complexity index is 511. The Morgan fingerprint density at radius 3 is 2.79 bits per heavy atom. The predicted octanol–water partition coefficient (Wildman–Crippen LogP) is 3.83. The zero-order chi connectivity index (χ0) is 13.5. The van der Waals surface area contributed by atoms with Gasteiger partial charge in [-0.1, -0.05) is 30.7 Å². The molecule has 0 unspecified atom stereocenters. The molecule has 2 aromatic rings. The van der Waals surface area contributed by atoms with E-state index < -0.39 is 0 Å². The van der Waals surface area contributed by atoms with Gasteiger partial charge in [0.05, 0.1) is 0 Å². The summed E-state index contributed by atoms with van der Waals surface area (Å²) in [6.07, 6.45) is 3.79. The molecule has 1 aromatic heterocycles. The summed E-state index contributed by atoms with van der Waals surface area (Å²) in [6, 6.07) is 12.1. The minimum absolute atomic E-state index is 0.783. The Morgan fingerprint density at radius 2 is 2.05 bits per heavy atom. The van der Waals surface area contributed by atoms with Gasteiger partial charge in [-0.25, -0.2) is 0 Å². The lowest BCUT2D eigenvalue weighted by molar-refractivity contribution is 0.672. The van der Waals surface area contributed by atoms with Crippen LogP contribution in [0.2, 0.25) is 5.02 Å². The summed E-state index contributed by atoms with van der Waals surface area (Å²) >= 11 is 6.10. The summed E-state index contributed by atoms with van der Waals surface area (Å²) in [5.41, 5.74) is 3.61. The van der Waals surface area contributed by atoms with Gasteiger partial charge in [-0.3, -0.25) is 4.98 Å². The van der Waals surface area contributed by atoms with Crippen LogP contribution in [-0.4, -0.2) is 11.5 Å². The molecule has 3 heteroatoms. The lowest BCUT2D eigenvalue weighted by Gasteiger charge is -2.11. The second kappa shape index (κ2) is 7.27. The van der Waals surface area contributed by atoms with Gasteiger partial charge in [-0.15, -0.1) is 0 Å². The number of pyridine rings is 1. The highest BCUT2D eigenvalue weighted by Crippen LogP contribution is 2.18. The molecule has 1 aromatic carbocycles. The molecule has 0 aliphatic carbocycles. The largest absolute Gasteiger partial charge is 0.313 e. The number of rotatable bonds is 6. The van der Waals surface area contributed by atoms with Crippen molar-refractivity contribution >= 4 is 11.6 Å². The van der Waals surface area contributed by atoms with Gasteiger partial charge in [0.1, 0.15) is 0 Å². The number of hydrogen-bond donors (Lipinski definition) is 1. The molecule has 0 saturated carbocycles. The number of benzene rings is 1. The van der Waals surface area contributed by atoms with Gasteiger partial charge in [-0.05, 0) is 48.4 Å². The molecule has 0 aliphatic rings. The molecule has 0 atom stereocenters. The third-order valence-electron chi connectivity index (χ3n) is 3.01. The van der Waals surface area contributed by atoms with Crippen LogP contribution in [0.1, 0.15) is 30.2 Å². The number of aromatic nitrogens is 1. The van der Waals surface area contributed by atoms with Crippen LogP contribution in [0.25, 0.3) is 0 Å². The van der Waals surface area contributed by atoms with Crippen LogP contribution >= 0.6 is 11.6 Å². The minimum Gasteiger partial charge on any atom is -0.313 e. The molecule has 2 rings (SSSR count). The van der Waals surface area contributed by atoms with Crippen molar-refractivity contribution in [1.82, 2.24) is 10.3 Å². The lowest BCUT2D eigenvalue weighted by Crippen LogP contribution is -2.15. The maximum Gasteiger partial charge on any atom is 0.0447 e. The fourth-order valence-corrected chi connectivity index (χ4v) is 2.22. The quantitative estimate of drug-likeness (QED) is 0.810. The highest BCUT2D eigenvalue weighted by molar-refractivity contribution is 6.30. The number of nitrogens with zero attached hydrogens (tertiary/aromatic N) is 1. The van der Waals surface area contributed by atoms with Crippen LogP contribution in [0.15, 0.2) is 42.6 Å². The maximum absolute atomic E-state index is 6.10. The van der Waals surface area contributed by atoms with E-state index in [0.29, 0.717) is 0 Å². The molecular weight excluding hydrogens is 256 g/mol. The Labute approximate surface area is 119 Å². The Hall–Kier alpha value is -1.38. The topological polar surface area (TPSA) is 24.9 Å². The first-order valence-electron chi connectivity index (χ1n) is 6.67. The van der Waals surface area contributed by atoms with Gasteiger partial charge >= 0.3 is 0 Å². The SMILES string of the molecule is CCCNCc1ccc(Cl)cc1Cc1ccccn1. The van der Waals surface area contributed by atoms with E-state index in [4.69, 9.17) is 11.6 Å². The summed E-state index contributed by atoms with van der Waals surface area (Å²) in [6.45, 7) is 4.09. The van der Waals surface area contributed by atoms with E-state index in [1.807, 2.05) is 36.5 Å². The second-order valence-corrected chi connectivity index (χ2v) is 5.02. The summed E-state index contributed by atoms with van der Waals surface area (Å²) in [4.78, 5) is 4.38. The van der Waals surface area contributed by atoms with Crippen molar-refractivity contribution in [3.05, 3.63) is 64.4 Å². The van der Waals surface area contributed by atoms with Crippen LogP contribution in [0, 0.1) is 0 Å². The van der Waals surface area contributed by atoms with Crippen molar-refractivity contribution < 1.29 is 0 Å². The lowest BCUT2D eigenvalue weighted by atomic mass is 10.0.